The standard InChI is InChI=1S/C18H28Cl3N3O4/c1-5-7-13(11(2)3)15(25)22-12(4)16(26)24-9-6-8-14(23-24)17(27)28-10-18(19,20)21/h12,14,23H,5-10H2,1-4H3,(H,22,25)/t12-,14-/m0/s1. The van der Waals surface area contributed by atoms with Crippen molar-refractivity contribution in [3.05, 3.63) is 11.1 Å². The molecule has 0 radical (unpaired) electrons. The fraction of sp³-hybridized carbons (Fsp3) is 0.722. The Labute approximate surface area is 181 Å². The number of hydrazine groups is 1. The lowest BCUT2D eigenvalue weighted by Crippen LogP contribution is -2.59. The van der Waals surface area contributed by atoms with E-state index in [0.29, 0.717) is 31.4 Å². The van der Waals surface area contributed by atoms with Gasteiger partial charge in [-0.1, -0.05) is 53.7 Å². The Hall–Kier alpha value is -1.02. The number of esters is 1. The molecule has 0 bridgehead atoms. The number of hydrogen-bond donors (Lipinski definition) is 2. The van der Waals surface area contributed by atoms with Gasteiger partial charge in [0.1, 0.15) is 18.7 Å². The molecule has 0 aliphatic carbocycles. The highest BCUT2D eigenvalue weighted by atomic mass is 35.6. The maximum absolute atomic E-state index is 12.7. The highest BCUT2D eigenvalue weighted by Crippen LogP contribution is 2.26. The minimum Gasteiger partial charge on any atom is -0.460 e. The first-order chi connectivity index (χ1) is 13.0. The molecule has 0 saturated carbocycles. The van der Waals surface area contributed by atoms with Gasteiger partial charge in [0.25, 0.3) is 5.91 Å². The van der Waals surface area contributed by atoms with Crippen LogP contribution in [0.1, 0.15) is 53.4 Å². The number of alkyl halides is 3. The summed E-state index contributed by atoms with van der Waals surface area (Å²) in [5.74, 6) is -1.19. The summed E-state index contributed by atoms with van der Waals surface area (Å²) in [6, 6.07) is -1.47. The SMILES string of the molecule is CCCC(C(=O)N[C@@H](C)C(=O)N1CCC[C@@H](C(=O)OCC(Cl)(Cl)Cl)N1)=C(C)C. The Kier molecular flexibility index (Phi) is 10.0. The zero-order valence-corrected chi connectivity index (χ0v) is 18.9. The van der Waals surface area contributed by atoms with Crippen molar-refractivity contribution < 1.29 is 19.1 Å². The van der Waals surface area contributed by atoms with Gasteiger partial charge in [0.15, 0.2) is 0 Å². The predicted octanol–water partition coefficient (Wildman–Crippen LogP) is 3.04. The van der Waals surface area contributed by atoms with E-state index in [1.807, 2.05) is 20.8 Å². The monoisotopic (exact) mass is 455 g/mol. The number of nitrogens with one attached hydrogen (secondary N) is 2. The van der Waals surface area contributed by atoms with Crippen molar-refractivity contribution in [1.82, 2.24) is 15.8 Å². The second-order valence-corrected chi connectivity index (χ2v) is 9.48. The van der Waals surface area contributed by atoms with Gasteiger partial charge in [-0.05, 0) is 40.0 Å². The number of hydrogen-bond acceptors (Lipinski definition) is 5. The highest BCUT2D eigenvalue weighted by molar-refractivity contribution is 6.67. The van der Waals surface area contributed by atoms with Gasteiger partial charge in [-0.3, -0.25) is 19.4 Å². The van der Waals surface area contributed by atoms with Crippen LogP contribution in [0.2, 0.25) is 0 Å². The van der Waals surface area contributed by atoms with Gasteiger partial charge in [-0.25, -0.2) is 5.43 Å². The Balaban J connectivity index is 2.66. The van der Waals surface area contributed by atoms with Gasteiger partial charge in [0.2, 0.25) is 9.70 Å². The van der Waals surface area contributed by atoms with E-state index in [1.165, 1.54) is 5.01 Å². The topological polar surface area (TPSA) is 87.7 Å². The maximum atomic E-state index is 12.7. The summed E-state index contributed by atoms with van der Waals surface area (Å²) in [5.41, 5.74) is 4.44. The normalized spacial score (nSPS) is 18.2. The molecule has 28 heavy (non-hydrogen) atoms. The molecule has 0 aromatic rings. The molecular formula is C18H28Cl3N3O4. The first kappa shape index (κ1) is 25.0. The lowest BCUT2D eigenvalue weighted by Gasteiger charge is -2.34. The van der Waals surface area contributed by atoms with Crippen molar-refractivity contribution >= 4 is 52.6 Å². The number of halogens is 3. The summed E-state index contributed by atoms with van der Waals surface area (Å²) in [5, 5.41) is 4.07. The first-order valence-corrected chi connectivity index (χ1v) is 10.4. The van der Waals surface area contributed by atoms with E-state index >= 15 is 0 Å². The average molecular weight is 457 g/mol. The fourth-order valence-corrected chi connectivity index (χ4v) is 2.95. The van der Waals surface area contributed by atoms with E-state index in [4.69, 9.17) is 39.5 Å². The lowest BCUT2D eigenvalue weighted by molar-refractivity contribution is -0.152. The Morgan fingerprint density at radius 3 is 2.46 bits per heavy atom. The molecule has 0 spiro atoms. The molecule has 0 unspecified atom stereocenters. The number of nitrogens with zero attached hydrogens (tertiary/aromatic N) is 1. The molecular weight excluding hydrogens is 429 g/mol. The second-order valence-electron chi connectivity index (χ2n) is 6.96. The summed E-state index contributed by atoms with van der Waals surface area (Å²) < 4.78 is 3.28. The number of rotatable bonds is 7. The molecule has 2 atom stereocenters. The van der Waals surface area contributed by atoms with Gasteiger partial charge in [0.05, 0.1) is 0 Å². The molecule has 160 valence electrons. The molecule has 10 heteroatoms. The van der Waals surface area contributed by atoms with Crippen LogP contribution in [0.3, 0.4) is 0 Å². The van der Waals surface area contributed by atoms with Crippen molar-refractivity contribution in [2.24, 2.45) is 0 Å². The number of carbonyl (C=O) groups excluding carboxylic acids is 3. The minimum absolute atomic E-state index is 0.252. The fourth-order valence-electron chi connectivity index (χ4n) is 2.79. The van der Waals surface area contributed by atoms with Crippen LogP contribution in [0.15, 0.2) is 11.1 Å². The molecule has 1 saturated heterocycles. The molecule has 0 aromatic heterocycles. The van der Waals surface area contributed by atoms with Crippen LogP contribution in [0, 0.1) is 0 Å². The molecule has 1 aliphatic heterocycles. The second kappa shape index (κ2) is 11.2. The molecule has 2 amide bonds. The van der Waals surface area contributed by atoms with Gasteiger partial charge < -0.3 is 10.1 Å². The summed E-state index contributed by atoms with van der Waals surface area (Å²) in [6.07, 6.45) is 2.57. The van der Waals surface area contributed by atoms with Gasteiger partial charge in [-0.2, -0.15) is 0 Å². The van der Waals surface area contributed by atoms with Crippen molar-refractivity contribution in [3.63, 3.8) is 0 Å². The van der Waals surface area contributed by atoms with E-state index in [0.717, 1.165) is 12.0 Å². The van der Waals surface area contributed by atoms with Crippen molar-refractivity contribution in [2.75, 3.05) is 13.2 Å². The number of ether oxygens (including phenoxy) is 1. The van der Waals surface area contributed by atoms with Crippen LogP contribution in [0.4, 0.5) is 0 Å². The Morgan fingerprint density at radius 2 is 1.93 bits per heavy atom. The Bertz CT molecular complexity index is 616. The van der Waals surface area contributed by atoms with E-state index in [2.05, 4.69) is 10.7 Å². The molecule has 1 rings (SSSR count). The molecule has 1 heterocycles. The lowest BCUT2D eigenvalue weighted by atomic mass is 10.0. The number of carbonyl (C=O) groups is 3. The van der Waals surface area contributed by atoms with Crippen LogP contribution in [0.25, 0.3) is 0 Å². The third kappa shape index (κ3) is 8.15. The van der Waals surface area contributed by atoms with Crippen LogP contribution in [-0.4, -0.2) is 51.8 Å². The van der Waals surface area contributed by atoms with E-state index in [1.54, 1.807) is 6.92 Å². The maximum Gasteiger partial charge on any atom is 0.325 e. The number of allylic oxidation sites excluding steroid dienone is 1. The zero-order valence-electron chi connectivity index (χ0n) is 16.6. The van der Waals surface area contributed by atoms with Crippen LogP contribution < -0.4 is 10.7 Å². The third-order valence-electron chi connectivity index (χ3n) is 4.21. The molecule has 7 nitrogen and oxygen atoms in total. The van der Waals surface area contributed by atoms with Gasteiger partial charge >= 0.3 is 5.97 Å². The molecule has 0 aromatic carbocycles. The predicted molar refractivity (Wildman–Crippen MR) is 110 cm³/mol. The van der Waals surface area contributed by atoms with E-state index < -0.39 is 21.8 Å². The first-order valence-electron chi connectivity index (χ1n) is 9.24. The van der Waals surface area contributed by atoms with Crippen molar-refractivity contribution in [3.8, 4) is 0 Å². The largest absolute Gasteiger partial charge is 0.460 e. The summed E-state index contributed by atoms with van der Waals surface area (Å²) in [7, 11) is 0. The summed E-state index contributed by atoms with van der Waals surface area (Å²) in [4.78, 5) is 37.3. The summed E-state index contributed by atoms with van der Waals surface area (Å²) >= 11 is 16.7. The van der Waals surface area contributed by atoms with Crippen molar-refractivity contribution in [2.45, 2.75) is 69.3 Å². The van der Waals surface area contributed by atoms with Crippen molar-refractivity contribution in [1.29, 1.82) is 0 Å². The Morgan fingerprint density at radius 1 is 1.29 bits per heavy atom. The number of amides is 2. The average Bonchev–Trinajstić information content (AvgIpc) is 2.62. The smallest absolute Gasteiger partial charge is 0.325 e. The minimum atomic E-state index is -1.69. The zero-order chi connectivity index (χ0) is 21.5. The van der Waals surface area contributed by atoms with E-state index in [-0.39, 0.29) is 18.4 Å². The van der Waals surface area contributed by atoms with Gasteiger partial charge in [0, 0.05) is 12.1 Å². The highest BCUT2D eigenvalue weighted by Gasteiger charge is 2.33. The van der Waals surface area contributed by atoms with Crippen LogP contribution in [-0.2, 0) is 19.1 Å². The van der Waals surface area contributed by atoms with Crippen LogP contribution >= 0.6 is 34.8 Å². The third-order valence-corrected chi connectivity index (χ3v) is 4.54. The van der Waals surface area contributed by atoms with Crippen LogP contribution in [0.5, 0.6) is 0 Å². The summed E-state index contributed by atoms with van der Waals surface area (Å²) in [6.45, 7) is 7.38. The van der Waals surface area contributed by atoms with E-state index in [9.17, 15) is 14.4 Å². The molecule has 1 fully saturated rings. The molecule has 1 aliphatic rings. The molecule has 2 N–H and O–H groups in total. The van der Waals surface area contributed by atoms with Gasteiger partial charge in [-0.15, -0.1) is 0 Å². The quantitative estimate of drug-likeness (QED) is 0.349.